The molecule has 0 atom stereocenters. The summed E-state index contributed by atoms with van der Waals surface area (Å²) in [6, 6.07) is 9.65. The molecule has 0 radical (unpaired) electrons. The lowest BCUT2D eigenvalue weighted by Crippen LogP contribution is -2.20. The van der Waals surface area contributed by atoms with Gasteiger partial charge in [-0.1, -0.05) is 46.7 Å². The van der Waals surface area contributed by atoms with Gasteiger partial charge in [-0.15, -0.1) is 10.2 Å². The van der Waals surface area contributed by atoms with Gasteiger partial charge in [0.1, 0.15) is 0 Å². The van der Waals surface area contributed by atoms with Crippen LogP contribution in [-0.4, -0.2) is 29.8 Å². The first-order chi connectivity index (χ1) is 12.6. The third-order valence-electron chi connectivity index (χ3n) is 3.82. The third-order valence-corrected chi connectivity index (χ3v) is 5.71. The molecule has 5 nitrogen and oxygen atoms in total. The van der Waals surface area contributed by atoms with E-state index in [0.29, 0.717) is 21.7 Å². The average molecular weight is 409 g/mol. The van der Waals surface area contributed by atoms with E-state index in [1.165, 1.54) is 16.9 Å². The van der Waals surface area contributed by atoms with Crippen molar-refractivity contribution in [1.29, 1.82) is 0 Å². The summed E-state index contributed by atoms with van der Waals surface area (Å²) >= 11 is 13.6. The number of halogens is 2. The molecule has 0 fully saturated rings. The smallest absolute Gasteiger partial charge is 0.231 e. The number of azo groups is 1. The third kappa shape index (κ3) is 4.58. The molecule has 2 N–H and O–H groups in total. The van der Waals surface area contributed by atoms with Crippen molar-refractivity contribution in [3.63, 3.8) is 0 Å². The van der Waals surface area contributed by atoms with E-state index in [9.17, 15) is 0 Å². The van der Waals surface area contributed by atoms with Crippen LogP contribution >= 0.6 is 34.5 Å². The molecule has 3 aromatic rings. The fraction of sp³-hybridized carbons (Fsp3) is 0.278. The summed E-state index contributed by atoms with van der Waals surface area (Å²) in [7, 11) is 0. The highest BCUT2D eigenvalue weighted by atomic mass is 35.5. The van der Waals surface area contributed by atoms with Crippen LogP contribution in [0.1, 0.15) is 11.1 Å². The number of rotatable bonds is 7. The second-order valence-electron chi connectivity index (χ2n) is 5.75. The molecule has 0 unspecified atom stereocenters. The van der Waals surface area contributed by atoms with Crippen LogP contribution in [0.25, 0.3) is 10.2 Å². The molecule has 1 heterocycles. The van der Waals surface area contributed by atoms with Crippen LogP contribution < -0.4 is 5.32 Å². The Morgan fingerprint density at radius 2 is 2.00 bits per heavy atom. The Morgan fingerprint density at radius 3 is 2.77 bits per heavy atom. The van der Waals surface area contributed by atoms with E-state index in [1.54, 1.807) is 6.07 Å². The van der Waals surface area contributed by atoms with Gasteiger partial charge < -0.3 is 10.4 Å². The van der Waals surface area contributed by atoms with Gasteiger partial charge in [0, 0.05) is 6.54 Å². The first-order valence-corrected chi connectivity index (χ1v) is 9.73. The minimum atomic E-state index is 0.154. The molecule has 0 saturated heterocycles. The molecular weight excluding hydrogens is 391 g/mol. The molecule has 26 heavy (non-hydrogen) atoms. The molecule has 0 spiro atoms. The average Bonchev–Trinajstić information content (AvgIpc) is 3.05. The fourth-order valence-electron chi connectivity index (χ4n) is 2.49. The van der Waals surface area contributed by atoms with Gasteiger partial charge in [-0.3, -0.25) is 0 Å². The van der Waals surface area contributed by atoms with Crippen LogP contribution in [0.3, 0.4) is 0 Å². The van der Waals surface area contributed by atoms with Crippen molar-refractivity contribution >= 4 is 55.6 Å². The number of fused-ring (bicyclic) bond motifs is 1. The number of nitrogens with zero attached hydrogens (tertiary/aromatic N) is 3. The predicted molar refractivity (Wildman–Crippen MR) is 109 cm³/mol. The van der Waals surface area contributed by atoms with E-state index < -0.39 is 0 Å². The largest absolute Gasteiger partial charge is 0.395 e. The van der Waals surface area contributed by atoms with Crippen molar-refractivity contribution in [3.8, 4) is 0 Å². The molecule has 0 amide bonds. The van der Waals surface area contributed by atoms with Gasteiger partial charge in [0.05, 0.1) is 32.6 Å². The van der Waals surface area contributed by atoms with Crippen LogP contribution in [0.15, 0.2) is 40.6 Å². The molecule has 0 bridgehead atoms. The van der Waals surface area contributed by atoms with Crippen molar-refractivity contribution in [2.75, 3.05) is 19.7 Å². The topological polar surface area (TPSA) is 69.9 Å². The number of thiazole rings is 1. The number of aliphatic hydroxyl groups excluding tert-OH is 1. The number of nitrogens with one attached hydrogen (secondary N) is 1. The Morgan fingerprint density at radius 1 is 1.15 bits per heavy atom. The Labute approximate surface area is 165 Å². The first kappa shape index (κ1) is 19.2. The highest BCUT2D eigenvalue weighted by Gasteiger charge is 2.10. The molecule has 0 aliphatic rings. The molecule has 1 aromatic heterocycles. The number of hydrogen-bond acceptors (Lipinski definition) is 6. The number of benzene rings is 2. The summed E-state index contributed by atoms with van der Waals surface area (Å²) in [5, 5.41) is 22.1. The van der Waals surface area contributed by atoms with E-state index >= 15 is 0 Å². The summed E-state index contributed by atoms with van der Waals surface area (Å²) < 4.78 is 0.815. The van der Waals surface area contributed by atoms with Gasteiger partial charge in [0.25, 0.3) is 0 Å². The fourth-order valence-corrected chi connectivity index (χ4v) is 3.80. The maximum absolute atomic E-state index is 8.77. The monoisotopic (exact) mass is 408 g/mol. The molecule has 0 aliphatic carbocycles. The Balaban J connectivity index is 1.73. The molecule has 136 valence electrons. The van der Waals surface area contributed by atoms with Gasteiger partial charge in [-0.25, -0.2) is 4.98 Å². The van der Waals surface area contributed by atoms with Crippen LogP contribution in [0.4, 0.5) is 10.8 Å². The number of hydrogen-bond donors (Lipinski definition) is 2. The van der Waals surface area contributed by atoms with Crippen LogP contribution in [-0.2, 0) is 6.42 Å². The quantitative estimate of drug-likeness (QED) is 0.403. The lowest BCUT2D eigenvalue weighted by Gasteiger charge is -2.05. The van der Waals surface area contributed by atoms with Crippen LogP contribution in [0.5, 0.6) is 0 Å². The standard InChI is InChI=1S/C18H18Cl2N4OS/c1-11-10-12(6-7-21-8-9-25)2-4-14(11)23-24-18-22-15-5-3-13(19)16(20)17(15)26-18/h2-5,10,21,25H,6-9H2,1H3. The van der Waals surface area contributed by atoms with Crippen LogP contribution in [0.2, 0.25) is 10.0 Å². The first-order valence-electron chi connectivity index (χ1n) is 8.16. The number of aromatic nitrogens is 1. The molecule has 0 aliphatic heterocycles. The lowest BCUT2D eigenvalue weighted by molar-refractivity contribution is 0.293. The molecule has 2 aromatic carbocycles. The maximum Gasteiger partial charge on any atom is 0.231 e. The normalized spacial score (nSPS) is 11.7. The molecule has 0 saturated carbocycles. The van der Waals surface area contributed by atoms with E-state index in [0.717, 1.165) is 34.4 Å². The summed E-state index contributed by atoms with van der Waals surface area (Å²) in [6.07, 6.45) is 0.898. The highest BCUT2D eigenvalue weighted by molar-refractivity contribution is 7.22. The van der Waals surface area contributed by atoms with Gasteiger partial charge in [-0.2, -0.15) is 0 Å². The zero-order valence-corrected chi connectivity index (χ0v) is 16.5. The molecular formula is C18H18Cl2N4OS. The summed E-state index contributed by atoms with van der Waals surface area (Å²) in [6.45, 7) is 3.61. The van der Waals surface area contributed by atoms with E-state index in [4.69, 9.17) is 28.3 Å². The van der Waals surface area contributed by atoms with Crippen molar-refractivity contribution in [3.05, 3.63) is 51.5 Å². The predicted octanol–water partition coefficient (Wildman–Crippen LogP) is 5.45. The Kier molecular flexibility index (Phi) is 6.56. The zero-order chi connectivity index (χ0) is 18.5. The van der Waals surface area contributed by atoms with E-state index in [-0.39, 0.29) is 6.61 Å². The number of aliphatic hydroxyl groups is 1. The SMILES string of the molecule is Cc1cc(CCNCCO)ccc1N=Nc1nc2ccc(Cl)c(Cl)c2s1. The van der Waals surface area contributed by atoms with Crippen LogP contribution in [0, 0.1) is 6.92 Å². The molecule has 3 rings (SSSR count). The Hall–Kier alpha value is -1.57. The summed E-state index contributed by atoms with van der Waals surface area (Å²) in [5.41, 5.74) is 3.84. The maximum atomic E-state index is 8.77. The zero-order valence-electron chi connectivity index (χ0n) is 14.2. The van der Waals surface area contributed by atoms with E-state index in [1.807, 2.05) is 25.1 Å². The lowest BCUT2D eigenvalue weighted by atomic mass is 10.1. The summed E-state index contributed by atoms with van der Waals surface area (Å²) in [5.74, 6) is 0. The van der Waals surface area contributed by atoms with Crippen molar-refractivity contribution in [1.82, 2.24) is 10.3 Å². The Bertz CT molecular complexity index is 942. The minimum absolute atomic E-state index is 0.154. The van der Waals surface area contributed by atoms with Crippen molar-refractivity contribution < 1.29 is 5.11 Å². The second-order valence-corrected chi connectivity index (χ2v) is 7.51. The molecule has 8 heteroatoms. The van der Waals surface area contributed by atoms with Gasteiger partial charge in [0.2, 0.25) is 5.13 Å². The second kappa shape index (κ2) is 8.88. The highest BCUT2D eigenvalue weighted by Crippen LogP contribution is 2.38. The minimum Gasteiger partial charge on any atom is -0.395 e. The van der Waals surface area contributed by atoms with E-state index in [2.05, 4.69) is 26.6 Å². The number of aryl methyl sites for hydroxylation is 1. The van der Waals surface area contributed by atoms with Gasteiger partial charge in [-0.05, 0) is 49.2 Å². The van der Waals surface area contributed by atoms with Gasteiger partial charge in [0.15, 0.2) is 0 Å². The van der Waals surface area contributed by atoms with Crippen molar-refractivity contribution in [2.24, 2.45) is 10.2 Å². The van der Waals surface area contributed by atoms with Crippen molar-refractivity contribution in [2.45, 2.75) is 13.3 Å². The van der Waals surface area contributed by atoms with Gasteiger partial charge >= 0.3 is 0 Å². The summed E-state index contributed by atoms with van der Waals surface area (Å²) in [4.78, 5) is 4.42.